The molecule has 9 rings (SSSR count). The molecule has 50 heavy (non-hydrogen) atoms. The van der Waals surface area contributed by atoms with Gasteiger partial charge in [-0.25, -0.2) is 4.79 Å². The van der Waals surface area contributed by atoms with Crippen LogP contribution in [0.1, 0.15) is 47.4 Å². The zero-order valence-corrected chi connectivity index (χ0v) is 29.3. The summed E-state index contributed by atoms with van der Waals surface area (Å²) in [5, 5.41) is 19.9. The van der Waals surface area contributed by atoms with E-state index in [0.717, 1.165) is 33.9 Å². The summed E-state index contributed by atoms with van der Waals surface area (Å²) in [6, 6.07) is 41.6. The smallest absolute Gasteiger partial charge is 0.346 e. The maximum Gasteiger partial charge on any atom is 0.346 e. The molecule has 242 valence electrons. The fourth-order valence-corrected chi connectivity index (χ4v) is 10.1. The molecule has 0 saturated carbocycles. The fraction of sp³-hybridized carbons (Fsp3) is 0.136. The van der Waals surface area contributed by atoms with Gasteiger partial charge in [0.25, 0.3) is 0 Å². The number of nitrogens with zero attached hydrogens (tertiary/aromatic N) is 2. The Morgan fingerprint density at radius 1 is 0.800 bits per heavy atom. The largest absolute Gasteiger partial charge is 0.477 e. The van der Waals surface area contributed by atoms with E-state index in [2.05, 4.69) is 115 Å². The zero-order valence-electron chi connectivity index (χ0n) is 27.7. The molecule has 7 aromatic rings. The number of rotatable bonds is 6. The molecule has 0 spiro atoms. The number of aryl methyl sites for hydroxylation is 2. The van der Waals surface area contributed by atoms with Crippen molar-refractivity contribution in [1.82, 2.24) is 4.57 Å². The van der Waals surface area contributed by atoms with E-state index in [4.69, 9.17) is 0 Å². The minimum Gasteiger partial charge on any atom is -0.477 e. The molecule has 1 N–H and O–H groups in total. The molecule has 0 radical (unpaired) electrons. The first-order chi connectivity index (χ1) is 24.3. The van der Waals surface area contributed by atoms with Gasteiger partial charge in [-0.2, -0.15) is 5.26 Å². The highest BCUT2D eigenvalue weighted by molar-refractivity contribution is 7.24. The third kappa shape index (κ3) is 4.73. The predicted molar refractivity (Wildman–Crippen MR) is 206 cm³/mol. The van der Waals surface area contributed by atoms with Gasteiger partial charge in [-0.3, -0.25) is 0 Å². The molecule has 4 nitrogen and oxygen atoms in total. The molecule has 2 aliphatic rings. The summed E-state index contributed by atoms with van der Waals surface area (Å²) in [7, 11) is 0. The Bertz CT molecular complexity index is 2590. The molecule has 3 heterocycles. The first kappa shape index (κ1) is 30.6. The number of aromatic nitrogens is 1. The van der Waals surface area contributed by atoms with Crippen molar-refractivity contribution < 1.29 is 9.90 Å². The maximum atomic E-state index is 11.4. The molecule has 0 fully saturated rings. The van der Waals surface area contributed by atoms with Crippen molar-refractivity contribution in [2.24, 2.45) is 0 Å². The minimum absolute atomic E-state index is 0.0977. The van der Waals surface area contributed by atoms with Crippen molar-refractivity contribution in [2.75, 3.05) is 0 Å². The first-order valence-electron chi connectivity index (χ1n) is 16.9. The van der Waals surface area contributed by atoms with Gasteiger partial charge in [0, 0.05) is 36.0 Å². The van der Waals surface area contributed by atoms with Crippen molar-refractivity contribution in [2.45, 2.75) is 38.5 Å². The summed E-state index contributed by atoms with van der Waals surface area (Å²) in [6.07, 6.45) is 4.66. The molecule has 0 amide bonds. The highest BCUT2D eigenvalue weighted by Crippen LogP contribution is 2.50. The van der Waals surface area contributed by atoms with Crippen LogP contribution >= 0.6 is 22.7 Å². The normalized spacial score (nSPS) is 14.4. The van der Waals surface area contributed by atoms with Crippen LogP contribution in [0, 0.1) is 11.3 Å². The highest BCUT2D eigenvalue weighted by Gasteiger charge is 2.36. The Balaban J connectivity index is 1.22. The summed E-state index contributed by atoms with van der Waals surface area (Å²) in [5.74, 6) is -1.21. The third-order valence-electron chi connectivity index (χ3n) is 10.4. The van der Waals surface area contributed by atoms with Crippen molar-refractivity contribution in [1.29, 1.82) is 5.26 Å². The molecule has 0 saturated heterocycles. The molecular weight excluding hydrogens is 653 g/mol. The minimum atomic E-state index is -1.21. The van der Waals surface area contributed by atoms with E-state index < -0.39 is 5.97 Å². The Labute approximate surface area is 298 Å². The highest BCUT2D eigenvalue weighted by atomic mass is 32.1. The van der Waals surface area contributed by atoms with Crippen LogP contribution in [-0.2, 0) is 23.1 Å². The number of carbonyl (C=O) groups is 1. The van der Waals surface area contributed by atoms with Gasteiger partial charge >= 0.3 is 5.97 Å². The molecule has 0 unspecified atom stereocenters. The third-order valence-corrected chi connectivity index (χ3v) is 12.8. The van der Waals surface area contributed by atoms with Crippen molar-refractivity contribution in [3.63, 3.8) is 0 Å². The molecule has 3 aromatic heterocycles. The number of nitriles is 1. The van der Waals surface area contributed by atoms with Gasteiger partial charge in [-0.15, -0.1) is 22.7 Å². The number of aliphatic carboxylic acids is 1. The average Bonchev–Trinajstić information content (AvgIpc) is 3.92. The van der Waals surface area contributed by atoms with Gasteiger partial charge in [-0.05, 0) is 118 Å². The maximum absolute atomic E-state index is 11.4. The number of benzene rings is 4. The molecule has 4 aromatic carbocycles. The second-order valence-corrected chi connectivity index (χ2v) is 15.9. The van der Waals surface area contributed by atoms with Crippen LogP contribution in [0.3, 0.4) is 0 Å². The monoisotopic (exact) mass is 684 g/mol. The van der Waals surface area contributed by atoms with Gasteiger partial charge in [-0.1, -0.05) is 74.5 Å². The number of fused-ring (bicyclic) bond motifs is 3. The van der Waals surface area contributed by atoms with Crippen LogP contribution in [-0.4, -0.2) is 15.6 Å². The SMILES string of the molecule is CC1(C)c2ccccc2-c2ccc(-n3c(-c4ccccc4)c4c5c(cc(-c6ccc(-c7ccc(C=C(C#N)C(=O)O)s7)s6)cc53)CCC4)cc21. The quantitative estimate of drug-likeness (QED) is 0.140. The Morgan fingerprint density at radius 2 is 1.54 bits per heavy atom. The summed E-state index contributed by atoms with van der Waals surface area (Å²) in [6.45, 7) is 4.69. The van der Waals surface area contributed by atoms with Crippen LogP contribution in [0.15, 0.2) is 115 Å². The van der Waals surface area contributed by atoms with E-state index in [1.165, 1.54) is 89.1 Å². The molecule has 6 heteroatoms. The van der Waals surface area contributed by atoms with Gasteiger partial charge in [0.2, 0.25) is 0 Å². The van der Waals surface area contributed by atoms with Crippen molar-refractivity contribution in [3.05, 3.63) is 142 Å². The lowest BCUT2D eigenvalue weighted by atomic mass is 9.82. The van der Waals surface area contributed by atoms with Crippen molar-refractivity contribution in [3.8, 4) is 54.3 Å². The summed E-state index contributed by atoms with van der Waals surface area (Å²) in [4.78, 5) is 15.5. The lowest BCUT2D eigenvalue weighted by Gasteiger charge is -2.22. The Kier molecular flexibility index (Phi) is 7.06. The Morgan fingerprint density at radius 3 is 2.36 bits per heavy atom. The van der Waals surface area contributed by atoms with Crippen LogP contribution in [0.2, 0.25) is 0 Å². The van der Waals surface area contributed by atoms with Crippen LogP contribution in [0.5, 0.6) is 0 Å². The number of thiophene rings is 2. The lowest BCUT2D eigenvalue weighted by molar-refractivity contribution is -0.132. The number of hydrogen-bond acceptors (Lipinski definition) is 4. The zero-order chi connectivity index (χ0) is 34.1. The van der Waals surface area contributed by atoms with Crippen molar-refractivity contribution >= 4 is 45.6 Å². The topological polar surface area (TPSA) is 66.0 Å². The van der Waals surface area contributed by atoms with Gasteiger partial charge in [0.05, 0.1) is 11.2 Å². The summed E-state index contributed by atoms with van der Waals surface area (Å²) in [5.41, 5.74) is 14.0. The predicted octanol–water partition coefficient (Wildman–Crippen LogP) is 11.5. The average molecular weight is 685 g/mol. The first-order valence-corrected chi connectivity index (χ1v) is 18.5. The number of carboxylic acid groups (broad SMARTS) is 1. The van der Waals surface area contributed by atoms with Crippen LogP contribution in [0.25, 0.3) is 65.2 Å². The van der Waals surface area contributed by atoms with Gasteiger partial charge < -0.3 is 9.67 Å². The Hall–Kier alpha value is -5.48. The summed E-state index contributed by atoms with van der Waals surface area (Å²) < 4.78 is 2.53. The lowest BCUT2D eigenvalue weighted by Crippen LogP contribution is -2.15. The van der Waals surface area contributed by atoms with Crippen LogP contribution in [0.4, 0.5) is 0 Å². The van der Waals surface area contributed by atoms with Crippen LogP contribution < -0.4 is 0 Å². The van der Waals surface area contributed by atoms with Gasteiger partial charge in [0.15, 0.2) is 0 Å². The number of carboxylic acids is 1. The summed E-state index contributed by atoms with van der Waals surface area (Å²) >= 11 is 3.24. The second kappa shape index (κ2) is 11.6. The van der Waals surface area contributed by atoms with E-state index in [1.54, 1.807) is 17.4 Å². The van der Waals surface area contributed by atoms with E-state index in [-0.39, 0.29) is 11.0 Å². The standard InChI is InChI=1S/C44H32N2O2S2/c1-44(2)35-14-7-6-12-32(35)33-17-15-30(24-36(33)44)46-37-23-28(21-27-11-8-13-34(41(27)37)42(46)26-9-4-3-5-10-26)38-19-20-40(50-38)39-18-16-31(49-39)22-29(25-45)43(47)48/h3-7,9-10,12,14-24H,8,11,13H2,1-2H3,(H,47,48). The van der Waals surface area contributed by atoms with E-state index >= 15 is 0 Å². The molecule has 0 atom stereocenters. The second-order valence-electron chi connectivity index (χ2n) is 13.7. The van der Waals surface area contributed by atoms with E-state index in [9.17, 15) is 15.2 Å². The van der Waals surface area contributed by atoms with E-state index in [1.807, 2.05) is 12.1 Å². The number of hydrogen-bond donors (Lipinski definition) is 1. The van der Waals surface area contributed by atoms with E-state index in [0.29, 0.717) is 0 Å². The molecular formula is C44H32N2O2S2. The molecule has 2 aliphatic carbocycles. The molecule has 0 bridgehead atoms. The fourth-order valence-electron chi connectivity index (χ4n) is 8.09. The molecule has 0 aliphatic heterocycles. The van der Waals surface area contributed by atoms with Gasteiger partial charge in [0.1, 0.15) is 11.6 Å².